The van der Waals surface area contributed by atoms with Crippen molar-refractivity contribution < 1.29 is 0 Å². The molecule has 4 nitrogen and oxygen atoms in total. The van der Waals surface area contributed by atoms with E-state index >= 15 is 0 Å². The van der Waals surface area contributed by atoms with Crippen LogP contribution in [0.25, 0.3) is 90.9 Å². The van der Waals surface area contributed by atoms with Crippen LogP contribution in [0.15, 0.2) is 146 Å². The van der Waals surface area contributed by atoms with Gasteiger partial charge in [-0.05, 0) is 70.8 Å². The summed E-state index contributed by atoms with van der Waals surface area (Å²) in [6.45, 7) is 0. The minimum absolute atomic E-state index is 0. The molecule has 0 unspecified atom stereocenters. The molecule has 2 aliphatic rings. The monoisotopic (exact) mass is 645 g/mol. The summed E-state index contributed by atoms with van der Waals surface area (Å²) >= 11 is 0. The number of hydrogen-bond acceptors (Lipinski definition) is 2. The van der Waals surface area contributed by atoms with E-state index in [-0.39, 0.29) is 9.90 Å². The highest BCUT2D eigenvalue weighted by molar-refractivity contribution is 6.92. The van der Waals surface area contributed by atoms with Crippen LogP contribution >= 0.6 is 9.90 Å². The number of hydrogen-bond donors (Lipinski definition) is 2. The summed E-state index contributed by atoms with van der Waals surface area (Å²) in [7, 11) is 0. The van der Waals surface area contributed by atoms with Gasteiger partial charge in [-0.25, -0.2) is 9.97 Å². The molecule has 2 aliphatic heterocycles. The van der Waals surface area contributed by atoms with Gasteiger partial charge in [0.25, 0.3) is 0 Å². The molecule has 2 N–H and O–H groups in total. The summed E-state index contributed by atoms with van der Waals surface area (Å²) in [6.07, 6.45) is 8.54. The third-order valence-corrected chi connectivity index (χ3v) is 9.00. The van der Waals surface area contributed by atoms with Gasteiger partial charge in [-0.2, -0.15) is 0 Å². The number of rotatable bonds is 4. The topological polar surface area (TPSA) is 57.4 Å². The third-order valence-electron chi connectivity index (χ3n) is 9.00. The molecule has 4 aromatic carbocycles. The number of aromatic amines is 2. The van der Waals surface area contributed by atoms with E-state index in [1.54, 1.807) is 0 Å². The first-order valence-electron chi connectivity index (χ1n) is 16.2. The zero-order valence-corrected chi connectivity index (χ0v) is 27.4. The molecule has 3 radical (unpaired) electrons. The molecule has 0 saturated heterocycles. The van der Waals surface area contributed by atoms with E-state index in [1.807, 2.05) is 24.3 Å². The van der Waals surface area contributed by atoms with Crippen molar-refractivity contribution in [1.82, 2.24) is 19.9 Å². The summed E-state index contributed by atoms with van der Waals surface area (Å²) in [5, 5.41) is 0. The zero-order chi connectivity index (χ0) is 31.9. The Hall–Kier alpha value is -6.09. The van der Waals surface area contributed by atoms with Crippen LogP contribution in [0.5, 0.6) is 0 Å². The Bertz CT molecular complexity index is 2180. The maximum Gasteiger partial charge on any atom is 0.0737 e. The third kappa shape index (κ3) is 5.53. The summed E-state index contributed by atoms with van der Waals surface area (Å²) in [5.41, 5.74) is 16.2. The van der Waals surface area contributed by atoms with E-state index < -0.39 is 0 Å². The highest BCUT2D eigenvalue weighted by Gasteiger charge is 2.18. The first kappa shape index (κ1) is 30.3. The molecule has 0 aliphatic carbocycles. The normalized spacial score (nSPS) is 11.8. The standard InChI is InChI=1S/C44H30N4.P/c1-5-13-29(14-6-1)41-33-21-23-35(45-33)42(30-15-7-2-8-16-30)37-25-27-39(47-37)44(32-19-11-4-12-20-32)40-28-26-38(48-40)43(31-17-9-3-10-18-31)36-24-22-34(41)46-36;/h1-28,45,48H;. The second kappa shape index (κ2) is 12.8. The van der Waals surface area contributed by atoms with Gasteiger partial charge in [0, 0.05) is 54.2 Å². The number of benzene rings is 4. The molecule has 0 fully saturated rings. The van der Waals surface area contributed by atoms with Crippen molar-refractivity contribution in [2.24, 2.45) is 0 Å². The summed E-state index contributed by atoms with van der Waals surface area (Å²) in [4.78, 5) is 18.3. The molecule has 231 valence electrons. The maximum atomic E-state index is 5.35. The van der Waals surface area contributed by atoms with E-state index in [1.165, 1.54) is 0 Å². The summed E-state index contributed by atoms with van der Waals surface area (Å²) in [6, 6.07) is 50.7. The van der Waals surface area contributed by atoms with Crippen LogP contribution in [-0.4, -0.2) is 19.9 Å². The number of aromatic nitrogens is 4. The van der Waals surface area contributed by atoms with E-state index in [9.17, 15) is 0 Å². The van der Waals surface area contributed by atoms with Crippen molar-refractivity contribution in [3.8, 4) is 44.5 Å². The molecule has 5 heteroatoms. The lowest BCUT2D eigenvalue weighted by Gasteiger charge is -2.07. The molecule has 0 atom stereocenters. The number of nitrogens with zero attached hydrogens (tertiary/aromatic N) is 2. The molecule has 49 heavy (non-hydrogen) atoms. The number of fused-ring (bicyclic) bond motifs is 8. The van der Waals surface area contributed by atoms with Gasteiger partial charge in [0.1, 0.15) is 0 Å². The molecule has 3 aromatic heterocycles. The molecule has 7 aromatic rings. The highest BCUT2D eigenvalue weighted by atomic mass is 31.0. The largest absolute Gasteiger partial charge is 0.354 e. The fourth-order valence-corrected chi connectivity index (χ4v) is 6.84. The van der Waals surface area contributed by atoms with E-state index in [0.29, 0.717) is 0 Å². The van der Waals surface area contributed by atoms with Gasteiger partial charge in [-0.15, -0.1) is 0 Å². The second-order valence-electron chi connectivity index (χ2n) is 12.0. The van der Waals surface area contributed by atoms with Gasteiger partial charge in [0.2, 0.25) is 0 Å². The Labute approximate surface area is 288 Å². The van der Waals surface area contributed by atoms with Crippen molar-refractivity contribution in [3.63, 3.8) is 0 Å². The SMILES string of the molecule is C1=Cc2nc1c(-c1ccccc1)c1ccc([nH]1)c(-c1ccccc1)c1nc(c(-c3ccccc3)c3ccc([nH]3)c2-c2ccccc2)C=C1.[P]. The van der Waals surface area contributed by atoms with E-state index in [4.69, 9.17) is 9.97 Å². The van der Waals surface area contributed by atoms with Crippen molar-refractivity contribution in [3.05, 3.63) is 168 Å². The molecule has 0 amide bonds. The van der Waals surface area contributed by atoms with E-state index in [2.05, 4.69) is 156 Å². The average molecular weight is 646 g/mol. The Morgan fingerprint density at radius 1 is 0.286 bits per heavy atom. The van der Waals surface area contributed by atoms with Crippen molar-refractivity contribution in [1.29, 1.82) is 0 Å². The lowest BCUT2D eigenvalue weighted by molar-refractivity contribution is 1.31. The van der Waals surface area contributed by atoms with Crippen LogP contribution < -0.4 is 0 Å². The maximum absolute atomic E-state index is 5.35. The Morgan fingerprint density at radius 3 is 0.735 bits per heavy atom. The van der Waals surface area contributed by atoms with Gasteiger partial charge >= 0.3 is 0 Å². The second-order valence-corrected chi connectivity index (χ2v) is 12.0. The van der Waals surface area contributed by atoms with Gasteiger partial charge < -0.3 is 9.97 Å². The van der Waals surface area contributed by atoms with Crippen LogP contribution in [-0.2, 0) is 0 Å². The molecular weight excluding hydrogens is 615 g/mol. The van der Waals surface area contributed by atoms with Gasteiger partial charge in [-0.3, -0.25) is 0 Å². The number of H-pyrrole nitrogens is 2. The van der Waals surface area contributed by atoms with Crippen molar-refractivity contribution in [2.45, 2.75) is 0 Å². The predicted molar refractivity (Wildman–Crippen MR) is 208 cm³/mol. The van der Waals surface area contributed by atoms with Crippen LogP contribution in [0.4, 0.5) is 0 Å². The Kier molecular flexibility index (Phi) is 7.93. The first-order chi connectivity index (χ1) is 23.8. The molecule has 5 heterocycles. The van der Waals surface area contributed by atoms with Gasteiger partial charge in [-0.1, -0.05) is 121 Å². The molecular formula is C44H30N4P. The Morgan fingerprint density at radius 2 is 0.510 bits per heavy atom. The van der Waals surface area contributed by atoms with Gasteiger partial charge in [0.05, 0.1) is 22.8 Å². The smallest absolute Gasteiger partial charge is 0.0737 e. The lowest BCUT2D eigenvalue weighted by Crippen LogP contribution is -1.89. The molecule has 0 spiro atoms. The first-order valence-corrected chi connectivity index (χ1v) is 16.2. The highest BCUT2D eigenvalue weighted by Crippen LogP contribution is 2.38. The average Bonchev–Trinajstić information content (AvgIpc) is 3.98. The minimum atomic E-state index is 0. The Balaban J connectivity index is 0.00000348. The fraction of sp³-hybridized carbons (Fsp3) is 0. The number of nitrogens with one attached hydrogen (secondary N) is 2. The molecule has 0 saturated carbocycles. The van der Waals surface area contributed by atoms with Crippen LogP contribution in [0.3, 0.4) is 0 Å². The van der Waals surface area contributed by atoms with Crippen LogP contribution in [0.1, 0.15) is 22.8 Å². The van der Waals surface area contributed by atoms with Crippen LogP contribution in [0, 0.1) is 0 Å². The van der Waals surface area contributed by atoms with Gasteiger partial charge in [0.15, 0.2) is 0 Å². The quantitative estimate of drug-likeness (QED) is 0.187. The fourth-order valence-electron chi connectivity index (χ4n) is 6.84. The van der Waals surface area contributed by atoms with E-state index in [0.717, 1.165) is 89.4 Å². The predicted octanol–water partition coefficient (Wildman–Crippen LogP) is 12.2. The summed E-state index contributed by atoms with van der Waals surface area (Å²) in [5.74, 6) is 0. The lowest BCUT2D eigenvalue weighted by atomic mass is 10.0. The molecule has 9 rings (SSSR count). The minimum Gasteiger partial charge on any atom is -0.354 e. The summed E-state index contributed by atoms with van der Waals surface area (Å²) < 4.78 is 0. The van der Waals surface area contributed by atoms with Crippen molar-refractivity contribution in [2.75, 3.05) is 0 Å². The molecule has 8 bridgehead atoms. The van der Waals surface area contributed by atoms with Crippen LogP contribution in [0.2, 0.25) is 0 Å². The zero-order valence-electron chi connectivity index (χ0n) is 26.5. The van der Waals surface area contributed by atoms with Crippen molar-refractivity contribution >= 4 is 56.3 Å².